The molecule has 30 heavy (non-hydrogen) atoms. The molecule has 1 fully saturated rings. The maximum Gasteiger partial charge on any atom is 0.411 e. The van der Waals surface area contributed by atoms with Crippen LogP contribution in [0.1, 0.15) is 74.1 Å². The molecule has 0 aromatic heterocycles. The molecule has 0 radical (unpaired) electrons. The zero-order valence-electron chi connectivity index (χ0n) is 19.1. The number of esters is 2. The van der Waals surface area contributed by atoms with E-state index in [1.165, 1.54) is 0 Å². The number of nitrogens with zero attached hydrogens (tertiary/aromatic N) is 1. The van der Waals surface area contributed by atoms with E-state index in [2.05, 4.69) is 0 Å². The maximum atomic E-state index is 13.1. The highest BCUT2D eigenvalue weighted by Gasteiger charge is 2.60. The summed E-state index contributed by atoms with van der Waals surface area (Å²) in [5.74, 6) is -4.18. The zero-order chi connectivity index (χ0) is 23.3. The molecular weight excluding hydrogens is 394 g/mol. The lowest BCUT2D eigenvalue weighted by molar-refractivity contribution is -0.185. The number of rotatable bonds is 6. The monoisotopic (exact) mass is 429 g/mol. The van der Waals surface area contributed by atoms with Crippen LogP contribution in [0.4, 0.5) is 4.79 Å². The molecule has 9 nitrogen and oxygen atoms in total. The first-order chi connectivity index (χ1) is 13.6. The van der Waals surface area contributed by atoms with Crippen molar-refractivity contribution in [3.63, 3.8) is 0 Å². The van der Waals surface area contributed by atoms with Crippen molar-refractivity contribution in [1.82, 2.24) is 4.90 Å². The Kier molecular flexibility index (Phi) is 8.28. The van der Waals surface area contributed by atoms with E-state index in [0.29, 0.717) is 6.42 Å². The molecule has 2 unspecified atom stereocenters. The highest BCUT2D eigenvalue weighted by molar-refractivity contribution is 6.07. The van der Waals surface area contributed by atoms with E-state index in [-0.39, 0.29) is 19.6 Å². The fourth-order valence-electron chi connectivity index (χ4n) is 3.11. The largest absolute Gasteiger partial charge is 0.479 e. The molecule has 1 aliphatic rings. The van der Waals surface area contributed by atoms with E-state index in [4.69, 9.17) is 14.2 Å². The molecule has 0 aliphatic carbocycles. The summed E-state index contributed by atoms with van der Waals surface area (Å²) in [7, 11) is 0. The third kappa shape index (κ3) is 6.60. The molecule has 1 saturated heterocycles. The Bertz CT molecular complexity index is 661. The highest BCUT2D eigenvalue weighted by Crippen LogP contribution is 2.36. The van der Waals surface area contributed by atoms with Crippen molar-refractivity contribution >= 4 is 24.0 Å². The first-order valence-corrected chi connectivity index (χ1v) is 10.3. The number of carbonyl (C=O) groups is 4. The molecule has 0 saturated carbocycles. The van der Waals surface area contributed by atoms with Gasteiger partial charge in [-0.15, -0.1) is 0 Å². The third-order valence-electron chi connectivity index (χ3n) is 4.48. The Morgan fingerprint density at radius 2 is 1.60 bits per heavy atom. The van der Waals surface area contributed by atoms with Crippen LogP contribution in [-0.2, 0) is 28.6 Å². The number of carbonyl (C=O) groups excluding carboxylic acids is 3. The Morgan fingerprint density at radius 3 is 2.07 bits per heavy atom. The average Bonchev–Trinajstić information content (AvgIpc) is 2.57. The molecule has 172 valence electrons. The van der Waals surface area contributed by atoms with Gasteiger partial charge in [-0.1, -0.05) is 13.3 Å². The van der Waals surface area contributed by atoms with Gasteiger partial charge in [0.15, 0.2) is 0 Å². The number of piperidine rings is 1. The van der Waals surface area contributed by atoms with Crippen LogP contribution in [0.5, 0.6) is 0 Å². The van der Waals surface area contributed by atoms with E-state index in [9.17, 15) is 24.3 Å². The third-order valence-corrected chi connectivity index (χ3v) is 4.48. The van der Waals surface area contributed by atoms with Gasteiger partial charge in [0.2, 0.25) is 5.54 Å². The van der Waals surface area contributed by atoms with Gasteiger partial charge in [-0.3, -0.25) is 9.69 Å². The van der Waals surface area contributed by atoms with E-state index >= 15 is 0 Å². The first-order valence-electron chi connectivity index (χ1n) is 10.3. The summed E-state index contributed by atoms with van der Waals surface area (Å²) < 4.78 is 15.9. The van der Waals surface area contributed by atoms with Crippen molar-refractivity contribution in [2.75, 3.05) is 13.2 Å². The highest BCUT2D eigenvalue weighted by atomic mass is 16.6. The van der Waals surface area contributed by atoms with Crippen molar-refractivity contribution in [1.29, 1.82) is 0 Å². The van der Waals surface area contributed by atoms with Gasteiger partial charge in [0, 0.05) is 13.0 Å². The number of ether oxygens (including phenoxy) is 3. The van der Waals surface area contributed by atoms with Gasteiger partial charge in [0.05, 0.1) is 12.5 Å². The number of hydrogen-bond donors (Lipinski definition) is 1. The number of amides is 1. The summed E-state index contributed by atoms with van der Waals surface area (Å²) in [6.45, 7) is 11.8. The van der Waals surface area contributed by atoms with Gasteiger partial charge >= 0.3 is 24.0 Å². The average molecular weight is 430 g/mol. The van der Waals surface area contributed by atoms with Crippen molar-refractivity contribution in [2.45, 2.75) is 90.9 Å². The summed E-state index contributed by atoms with van der Waals surface area (Å²) in [6.07, 6.45) is 0.167. The van der Waals surface area contributed by atoms with Crippen LogP contribution in [-0.4, -0.2) is 63.9 Å². The fraction of sp³-hybridized carbons (Fsp3) is 0.810. The maximum absolute atomic E-state index is 13.1. The second-order valence-electron chi connectivity index (χ2n) is 9.51. The molecule has 0 aromatic rings. The number of unbranched alkanes of at least 4 members (excludes halogenated alkanes) is 1. The van der Waals surface area contributed by atoms with E-state index in [1.807, 2.05) is 6.92 Å². The van der Waals surface area contributed by atoms with E-state index in [1.54, 1.807) is 41.5 Å². The van der Waals surface area contributed by atoms with Crippen LogP contribution in [0.3, 0.4) is 0 Å². The van der Waals surface area contributed by atoms with Gasteiger partial charge in [0.1, 0.15) is 11.2 Å². The molecule has 0 spiro atoms. The van der Waals surface area contributed by atoms with Crippen LogP contribution in [0, 0.1) is 5.92 Å². The minimum Gasteiger partial charge on any atom is -0.479 e. The van der Waals surface area contributed by atoms with Gasteiger partial charge in [-0.2, -0.15) is 0 Å². The standard InChI is InChI=1S/C21H35NO8/c1-8-9-12-28-18(27)22-11-10-14(15(23)29-19(2,3)4)13-21(22,16(24)25)17(26)30-20(5,6)7/h14H,8-13H2,1-7H3,(H,24,25). The van der Waals surface area contributed by atoms with E-state index < -0.39 is 53.1 Å². The summed E-state index contributed by atoms with van der Waals surface area (Å²) in [5, 5.41) is 10.1. The molecule has 1 N–H and O–H groups in total. The van der Waals surface area contributed by atoms with Gasteiger partial charge in [-0.05, 0) is 54.4 Å². The minimum absolute atomic E-state index is 0.103. The Hall–Kier alpha value is -2.32. The van der Waals surface area contributed by atoms with Gasteiger partial charge in [0.25, 0.3) is 0 Å². The number of aliphatic carboxylic acids is 1. The normalized spacial score (nSPS) is 22.2. The van der Waals surface area contributed by atoms with Crippen LogP contribution < -0.4 is 0 Å². The summed E-state index contributed by atoms with van der Waals surface area (Å²) in [4.78, 5) is 51.6. The SMILES string of the molecule is CCCCOC(=O)N1CCC(C(=O)OC(C)(C)C)CC1(C(=O)O)C(=O)OC(C)(C)C. The zero-order valence-corrected chi connectivity index (χ0v) is 19.1. The summed E-state index contributed by atoms with van der Waals surface area (Å²) in [6, 6.07) is 0. The molecule has 2 atom stereocenters. The Labute approximate surface area is 178 Å². The molecule has 9 heteroatoms. The lowest BCUT2D eigenvalue weighted by Crippen LogP contribution is -2.67. The molecule has 1 heterocycles. The Morgan fingerprint density at radius 1 is 1.03 bits per heavy atom. The second kappa shape index (κ2) is 9.66. The summed E-state index contributed by atoms with van der Waals surface area (Å²) in [5.41, 5.74) is -4.14. The smallest absolute Gasteiger partial charge is 0.411 e. The molecule has 0 bridgehead atoms. The topological polar surface area (TPSA) is 119 Å². The second-order valence-corrected chi connectivity index (χ2v) is 9.51. The number of hydrogen-bond acceptors (Lipinski definition) is 7. The predicted molar refractivity (Wildman–Crippen MR) is 108 cm³/mol. The Balaban J connectivity index is 3.31. The van der Waals surface area contributed by atoms with Gasteiger partial charge in [-0.25, -0.2) is 14.4 Å². The first kappa shape index (κ1) is 25.7. The fourth-order valence-corrected chi connectivity index (χ4v) is 3.11. The van der Waals surface area contributed by atoms with Crippen molar-refractivity contribution < 1.29 is 38.5 Å². The molecule has 0 aromatic carbocycles. The number of likely N-dealkylation sites (tertiary alicyclic amines) is 1. The van der Waals surface area contributed by atoms with Crippen molar-refractivity contribution in [3.05, 3.63) is 0 Å². The van der Waals surface area contributed by atoms with Gasteiger partial charge < -0.3 is 19.3 Å². The molecular formula is C21H35NO8. The number of carboxylic acid groups (broad SMARTS) is 1. The minimum atomic E-state index is -2.38. The number of carboxylic acids is 1. The molecule has 1 rings (SSSR count). The van der Waals surface area contributed by atoms with Crippen LogP contribution in [0.2, 0.25) is 0 Å². The quantitative estimate of drug-likeness (QED) is 0.296. The van der Waals surface area contributed by atoms with Crippen LogP contribution >= 0.6 is 0 Å². The summed E-state index contributed by atoms with van der Waals surface area (Å²) >= 11 is 0. The van der Waals surface area contributed by atoms with Crippen molar-refractivity contribution in [3.8, 4) is 0 Å². The van der Waals surface area contributed by atoms with E-state index in [0.717, 1.165) is 11.3 Å². The molecule has 1 aliphatic heterocycles. The lowest BCUT2D eigenvalue weighted by atomic mass is 9.79. The lowest BCUT2D eigenvalue weighted by Gasteiger charge is -2.44. The van der Waals surface area contributed by atoms with Crippen LogP contribution in [0.15, 0.2) is 0 Å². The predicted octanol–water partition coefficient (Wildman–Crippen LogP) is 3.14. The molecule has 1 amide bonds. The van der Waals surface area contributed by atoms with Crippen LogP contribution in [0.25, 0.3) is 0 Å². The van der Waals surface area contributed by atoms with Crippen molar-refractivity contribution in [2.24, 2.45) is 5.92 Å².